The summed E-state index contributed by atoms with van der Waals surface area (Å²) in [6, 6.07) is 76.5. The summed E-state index contributed by atoms with van der Waals surface area (Å²) >= 11 is 0. The molecule has 4 heteroatoms. The number of fused-ring (bicyclic) bond motifs is 7. The first-order valence-corrected chi connectivity index (χ1v) is 20.6. The lowest BCUT2D eigenvalue weighted by molar-refractivity contribution is 0.360. The van der Waals surface area contributed by atoms with E-state index < -0.39 is 5.41 Å². The Balaban J connectivity index is 1.01. The molecule has 2 heterocycles. The molecule has 2 aliphatic rings. The van der Waals surface area contributed by atoms with Gasteiger partial charge in [-0.15, -0.1) is 0 Å². The molecule has 0 saturated carbocycles. The van der Waals surface area contributed by atoms with Gasteiger partial charge in [0.15, 0.2) is 28.8 Å². The summed E-state index contributed by atoms with van der Waals surface area (Å²) in [6.07, 6.45) is 0. The molecule has 0 unspecified atom stereocenters. The average molecular weight is 781 g/mol. The lowest BCUT2D eigenvalue weighted by atomic mass is 9.68. The van der Waals surface area contributed by atoms with Crippen LogP contribution in [-0.4, -0.2) is 9.97 Å². The van der Waals surface area contributed by atoms with Crippen LogP contribution in [0.3, 0.4) is 0 Å². The van der Waals surface area contributed by atoms with Gasteiger partial charge in [-0.1, -0.05) is 182 Å². The minimum atomic E-state index is -0.552. The van der Waals surface area contributed by atoms with E-state index >= 15 is 0 Å². The van der Waals surface area contributed by atoms with Crippen LogP contribution in [0.2, 0.25) is 0 Å². The van der Waals surface area contributed by atoms with Gasteiger partial charge in [-0.05, 0) is 86.1 Å². The van der Waals surface area contributed by atoms with Gasteiger partial charge >= 0.3 is 0 Å². The zero-order valence-corrected chi connectivity index (χ0v) is 33.0. The molecule has 0 fully saturated rings. The van der Waals surface area contributed by atoms with E-state index in [-0.39, 0.29) is 0 Å². The van der Waals surface area contributed by atoms with E-state index in [9.17, 15) is 0 Å². The highest BCUT2D eigenvalue weighted by atomic mass is 16.6. The van der Waals surface area contributed by atoms with Crippen LogP contribution in [0.4, 0.5) is 0 Å². The molecule has 0 atom stereocenters. The number of nitrogens with zero attached hydrogens (tertiary/aromatic N) is 2. The summed E-state index contributed by atoms with van der Waals surface area (Å²) in [5.41, 5.74) is 13.2. The number of hydrogen-bond acceptors (Lipinski definition) is 4. The first kappa shape index (κ1) is 34.9. The van der Waals surface area contributed by atoms with Gasteiger partial charge < -0.3 is 9.47 Å². The van der Waals surface area contributed by atoms with E-state index in [0.29, 0.717) is 28.8 Å². The minimum Gasteiger partial charge on any atom is -0.449 e. The van der Waals surface area contributed by atoms with Crippen LogP contribution in [0.15, 0.2) is 218 Å². The molecular formula is C57H36N2O2. The van der Waals surface area contributed by atoms with Crippen molar-refractivity contribution < 1.29 is 9.47 Å². The van der Waals surface area contributed by atoms with Crippen LogP contribution in [0.5, 0.6) is 23.0 Å². The van der Waals surface area contributed by atoms with Crippen molar-refractivity contribution in [2.24, 2.45) is 0 Å². The molecule has 1 aromatic heterocycles. The predicted octanol–water partition coefficient (Wildman–Crippen LogP) is 14.6. The Morgan fingerprint density at radius 3 is 1.61 bits per heavy atom. The van der Waals surface area contributed by atoms with Crippen molar-refractivity contribution in [3.05, 3.63) is 241 Å². The zero-order valence-electron chi connectivity index (χ0n) is 33.0. The van der Waals surface area contributed by atoms with E-state index in [1.807, 2.05) is 24.3 Å². The normalized spacial score (nSPS) is 13.0. The van der Waals surface area contributed by atoms with Crippen LogP contribution in [-0.2, 0) is 5.41 Å². The summed E-state index contributed by atoms with van der Waals surface area (Å²) in [5.74, 6) is 3.33. The molecule has 0 radical (unpaired) electrons. The molecule has 0 amide bonds. The summed E-state index contributed by atoms with van der Waals surface area (Å²) < 4.78 is 13.8. The van der Waals surface area contributed by atoms with Crippen molar-refractivity contribution in [1.82, 2.24) is 9.97 Å². The van der Waals surface area contributed by atoms with Gasteiger partial charge in [-0.2, -0.15) is 0 Å². The maximum Gasteiger partial charge on any atom is 0.178 e. The van der Waals surface area contributed by atoms with Gasteiger partial charge in [0.2, 0.25) is 0 Å². The highest BCUT2D eigenvalue weighted by Crippen LogP contribution is 2.62. The Labute approximate surface area is 354 Å². The maximum absolute atomic E-state index is 7.08. The lowest BCUT2D eigenvalue weighted by Crippen LogP contribution is -2.28. The summed E-state index contributed by atoms with van der Waals surface area (Å²) in [7, 11) is 0. The van der Waals surface area contributed by atoms with E-state index in [1.54, 1.807) is 0 Å². The van der Waals surface area contributed by atoms with Crippen LogP contribution >= 0.6 is 0 Å². The van der Waals surface area contributed by atoms with Crippen LogP contribution in [0.25, 0.3) is 66.9 Å². The quantitative estimate of drug-likeness (QED) is 0.169. The van der Waals surface area contributed by atoms with Gasteiger partial charge in [0, 0.05) is 22.3 Å². The van der Waals surface area contributed by atoms with Gasteiger partial charge in [0.05, 0.1) is 16.8 Å². The van der Waals surface area contributed by atoms with Crippen molar-refractivity contribution in [1.29, 1.82) is 0 Å². The topological polar surface area (TPSA) is 44.2 Å². The van der Waals surface area contributed by atoms with Crippen molar-refractivity contribution >= 4 is 10.8 Å². The first-order chi connectivity index (χ1) is 30.2. The molecule has 0 N–H and O–H groups in total. The Morgan fingerprint density at radius 1 is 0.344 bits per heavy atom. The van der Waals surface area contributed by atoms with Gasteiger partial charge in [-0.3, -0.25) is 0 Å². The fraction of sp³-hybridized carbons (Fsp3) is 0.0175. The summed E-state index contributed by atoms with van der Waals surface area (Å²) in [5, 5.41) is 2.24. The molecule has 4 nitrogen and oxygen atoms in total. The SMILES string of the molecule is c1ccc(-c2cc(-c3ccc4c(c3)Oc3c(ccc5c3-c3ccccc3C5(c3ccccc3)c3ccccc3)O4)nc(-c3ccc(-c4ccccc4)c4ccccc34)n2)cc1. The summed E-state index contributed by atoms with van der Waals surface area (Å²) in [6.45, 7) is 0. The highest BCUT2D eigenvalue weighted by molar-refractivity contribution is 6.04. The molecule has 9 aromatic carbocycles. The number of benzene rings is 9. The molecule has 61 heavy (non-hydrogen) atoms. The molecule has 12 rings (SSSR count). The van der Waals surface area contributed by atoms with Gasteiger partial charge in [-0.25, -0.2) is 9.97 Å². The monoisotopic (exact) mass is 780 g/mol. The molecule has 1 aliphatic heterocycles. The maximum atomic E-state index is 7.08. The Morgan fingerprint density at radius 2 is 0.902 bits per heavy atom. The van der Waals surface area contributed by atoms with Crippen LogP contribution in [0.1, 0.15) is 22.3 Å². The smallest absolute Gasteiger partial charge is 0.178 e. The third-order valence-corrected chi connectivity index (χ3v) is 12.3. The Kier molecular flexibility index (Phi) is 8.04. The van der Waals surface area contributed by atoms with E-state index in [2.05, 4.69) is 194 Å². The number of ether oxygens (including phenoxy) is 2. The second-order valence-electron chi connectivity index (χ2n) is 15.6. The molecule has 0 bridgehead atoms. The predicted molar refractivity (Wildman–Crippen MR) is 245 cm³/mol. The minimum absolute atomic E-state index is 0.552. The van der Waals surface area contributed by atoms with Crippen molar-refractivity contribution in [3.63, 3.8) is 0 Å². The largest absolute Gasteiger partial charge is 0.449 e. The number of rotatable bonds is 6. The third-order valence-electron chi connectivity index (χ3n) is 12.3. The first-order valence-electron chi connectivity index (χ1n) is 20.6. The second kappa shape index (κ2) is 14.0. The average Bonchev–Trinajstić information content (AvgIpc) is 3.65. The zero-order chi connectivity index (χ0) is 40.3. The van der Waals surface area contributed by atoms with Gasteiger partial charge in [0.1, 0.15) is 0 Å². The third kappa shape index (κ3) is 5.53. The molecule has 0 saturated heterocycles. The van der Waals surface area contributed by atoms with Crippen molar-refractivity contribution in [2.75, 3.05) is 0 Å². The fourth-order valence-corrected chi connectivity index (χ4v) is 9.56. The molecule has 0 spiro atoms. The molecular weight excluding hydrogens is 745 g/mol. The van der Waals surface area contributed by atoms with Crippen LogP contribution in [0, 0.1) is 0 Å². The Hall–Kier alpha value is -8.08. The van der Waals surface area contributed by atoms with Crippen LogP contribution < -0.4 is 9.47 Å². The fourth-order valence-electron chi connectivity index (χ4n) is 9.56. The molecule has 1 aliphatic carbocycles. The lowest BCUT2D eigenvalue weighted by Gasteiger charge is -2.34. The van der Waals surface area contributed by atoms with E-state index in [0.717, 1.165) is 55.5 Å². The van der Waals surface area contributed by atoms with Crippen molar-refractivity contribution in [3.8, 4) is 79.2 Å². The van der Waals surface area contributed by atoms with E-state index in [1.165, 1.54) is 27.8 Å². The standard InChI is InChI=1S/C57H36N2O2/c1-5-17-37(18-6-1)42-30-31-45(44-26-14-13-25-43(42)44)56-58-49(38-19-7-2-8-20-38)36-50(59-56)39-29-33-51-53(35-39)61-55-52(60-51)34-32-48-54(55)46-27-15-16-28-47(46)57(48,40-21-9-3-10-22-40)41-23-11-4-12-24-41/h1-36H. The molecule has 10 aromatic rings. The highest BCUT2D eigenvalue weighted by Gasteiger charge is 2.48. The number of hydrogen-bond donors (Lipinski definition) is 0. The second-order valence-corrected chi connectivity index (χ2v) is 15.6. The van der Waals surface area contributed by atoms with Gasteiger partial charge in [0.25, 0.3) is 0 Å². The van der Waals surface area contributed by atoms with Crippen molar-refractivity contribution in [2.45, 2.75) is 5.41 Å². The molecule has 286 valence electrons. The van der Waals surface area contributed by atoms with E-state index in [4.69, 9.17) is 19.4 Å². The number of aromatic nitrogens is 2. The summed E-state index contributed by atoms with van der Waals surface area (Å²) in [4.78, 5) is 10.5. The Bertz CT molecular complexity index is 3250.